The lowest BCUT2D eigenvalue weighted by molar-refractivity contribution is -0.149. The highest BCUT2D eigenvalue weighted by atomic mass is 16.5. The molecule has 0 aliphatic rings. The fourth-order valence-corrected chi connectivity index (χ4v) is 1.96. The van der Waals surface area contributed by atoms with Crippen molar-refractivity contribution in [1.29, 1.82) is 0 Å². The molecule has 0 aromatic heterocycles. The molecule has 0 aliphatic carbocycles. The largest absolute Gasteiger partial charge is 0.455 e. The van der Waals surface area contributed by atoms with E-state index >= 15 is 0 Å². The van der Waals surface area contributed by atoms with Gasteiger partial charge in [0.15, 0.2) is 6.61 Å². The molecule has 0 spiro atoms. The van der Waals surface area contributed by atoms with Crippen molar-refractivity contribution >= 4 is 17.9 Å². The minimum Gasteiger partial charge on any atom is -0.455 e. The van der Waals surface area contributed by atoms with Crippen molar-refractivity contribution < 1.29 is 19.1 Å². The van der Waals surface area contributed by atoms with Crippen LogP contribution in [0.2, 0.25) is 0 Å². The van der Waals surface area contributed by atoms with E-state index in [1.165, 1.54) is 0 Å². The maximum Gasteiger partial charge on any atom is 0.321 e. The second-order valence-corrected chi connectivity index (χ2v) is 5.63. The van der Waals surface area contributed by atoms with Crippen LogP contribution in [0.25, 0.3) is 0 Å². The van der Waals surface area contributed by atoms with Crippen LogP contribution >= 0.6 is 0 Å². The molecule has 1 aromatic carbocycles. The number of rotatable bonds is 7. The monoisotopic (exact) mass is 320 g/mol. The molecule has 3 amide bonds. The zero-order valence-electron chi connectivity index (χ0n) is 13.8. The van der Waals surface area contributed by atoms with Gasteiger partial charge in [0.2, 0.25) is 0 Å². The van der Waals surface area contributed by atoms with Gasteiger partial charge in [0.1, 0.15) is 0 Å². The molecule has 0 radical (unpaired) electrons. The van der Waals surface area contributed by atoms with Gasteiger partial charge in [-0.3, -0.25) is 14.9 Å². The second-order valence-electron chi connectivity index (χ2n) is 5.63. The Morgan fingerprint density at radius 1 is 1.13 bits per heavy atom. The third kappa shape index (κ3) is 6.95. The topological polar surface area (TPSA) is 84.5 Å². The third-order valence-corrected chi connectivity index (χ3v) is 3.16. The highest BCUT2D eigenvalue weighted by molar-refractivity contribution is 5.95. The maximum absolute atomic E-state index is 12.1. The van der Waals surface area contributed by atoms with Crippen LogP contribution in [0.1, 0.15) is 38.7 Å². The van der Waals surface area contributed by atoms with E-state index in [0.29, 0.717) is 13.0 Å². The zero-order valence-corrected chi connectivity index (χ0v) is 13.8. The van der Waals surface area contributed by atoms with Gasteiger partial charge >= 0.3 is 12.0 Å². The van der Waals surface area contributed by atoms with Crippen molar-refractivity contribution in [1.82, 2.24) is 10.6 Å². The molecule has 23 heavy (non-hydrogen) atoms. The number of nitrogens with one attached hydrogen (secondary N) is 2. The van der Waals surface area contributed by atoms with E-state index in [1.807, 2.05) is 51.1 Å². The average molecular weight is 320 g/mol. The minimum atomic E-state index is -0.650. The van der Waals surface area contributed by atoms with Crippen molar-refractivity contribution in [2.24, 2.45) is 5.92 Å². The van der Waals surface area contributed by atoms with Gasteiger partial charge in [0, 0.05) is 6.54 Å². The molecule has 1 atom stereocenters. The van der Waals surface area contributed by atoms with E-state index in [4.69, 9.17) is 4.74 Å². The summed E-state index contributed by atoms with van der Waals surface area (Å²) in [7, 11) is 0. The van der Waals surface area contributed by atoms with E-state index in [0.717, 1.165) is 5.56 Å². The van der Waals surface area contributed by atoms with E-state index < -0.39 is 30.4 Å². The summed E-state index contributed by atoms with van der Waals surface area (Å²) in [5.41, 5.74) is 0.843. The summed E-state index contributed by atoms with van der Waals surface area (Å²) in [6.07, 6.45) is 0.569. The van der Waals surface area contributed by atoms with E-state index in [9.17, 15) is 14.4 Å². The number of carbonyl (C=O) groups is 3. The van der Waals surface area contributed by atoms with Crippen molar-refractivity contribution in [3.63, 3.8) is 0 Å². The van der Waals surface area contributed by atoms with E-state index in [1.54, 1.807) is 0 Å². The van der Waals surface area contributed by atoms with Crippen molar-refractivity contribution in [3.8, 4) is 0 Å². The van der Waals surface area contributed by atoms with Gasteiger partial charge in [-0.25, -0.2) is 4.79 Å². The van der Waals surface area contributed by atoms with E-state index in [-0.39, 0.29) is 5.92 Å². The van der Waals surface area contributed by atoms with Gasteiger partial charge in [0.25, 0.3) is 5.91 Å². The highest BCUT2D eigenvalue weighted by Gasteiger charge is 2.21. The fourth-order valence-electron chi connectivity index (χ4n) is 1.96. The summed E-state index contributed by atoms with van der Waals surface area (Å²) in [6.45, 7) is 5.75. The molecule has 6 heteroatoms. The van der Waals surface area contributed by atoms with Crippen LogP contribution in [0.15, 0.2) is 30.3 Å². The summed E-state index contributed by atoms with van der Waals surface area (Å²) in [5.74, 6) is -1.26. The molecule has 0 heterocycles. The zero-order chi connectivity index (χ0) is 17.2. The Morgan fingerprint density at radius 2 is 1.78 bits per heavy atom. The summed E-state index contributed by atoms with van der Waals surface area (Å²) in [5, 5.41) is 4.67. The first-order chi connectivity index (χ1) is 10.9. The predicted octanol–water partition coefficient (Wildman–Crippen LogP) is 2.21. The van der Waals surface area contributed by atoms with Crippen molar-refractivity contribution in [2.75, 3.05) is 13.2 Å². The lowest BCUT2D eigenvalue weighted by Crippen LogP contribution is -2.42. The molecule has 0 fully saturated rings. The van der Waals surface area contributed by atoms with Crippen molar-refractivity contribution in [2.45, 2.75) is 33.1 Å². The molecule has 6 nitrogen and oxygen atoms in total. The second kappa shape index (κ2) is 9.61. The Balaban J connectivity index is 2.42. The first-order valence-corrected chi connectivity index (χ1v) is 7.73. The van der Waals surface area contributed by atoms with Gasteiger partial charge in [-0.2, -0.15) is 0 Å². The first-order valence-electron chi connectivity index (χ1n) is 7.73. The number of benzene rings is 1. The average Bonchev–Trinajstić information content (AvgIpc) is 2.52. The van der Waals surface area contributed by atoms with Crippen LogP contribution in [0.4, 0.5) is 4.79 Å². The normalized spacial score (nSPS) is 11.7. The minimum absolute atomic E-state index is 0.282. The van der Waals surface area contributed by atoms with Gasteiger partial charge < -0.3 is 10.1 Å². The SMILES string of the molecule is CC[C@H](C(=O)OCC(=O)NC(=O)NCC(C)C)c1ccccc1. The quantitative estimate of drug-likeness (QED) is 0.754. The van der Waals surface area contributed by atoms with Crippen LogP contribution in [0.5, 0.6) is 0 Å². The number of amides is 3. The number of hydrogen-bond acceptors (Lipinski definition) is 4. The van der Waals surface area contributed by atoms with Gasteiger partial charge in [-0.05, 0) is 17.9 Å². The van der Waals surface area contributed by atoms with Crippen LogP contribution in [-0.2, 0) is 14.3 Å². The number of imide groups is 1. The van der Waals surface area contributed by atoms with Crippen LogP contribution in [-0.4, -0.2) is 31.1 Å². The molecule has 1 rings (SSSR count). The Morgan fingerprint density at radius 3 is 2.35 bits per heavy atom. The molecular weight excluding hydrogens is 296 g/mol. The van der Waals surface area contributed by atoms with Gasteiger partial charge in [-0.1, -0.05) is 51.1 Å². The maximum atomic E-state index is 12.1. The molecule has 0 saturated carbocycles. The Labute approximate surface area is 136 Å². The molecule has 2 N–H and O–H groups in total. The molecular formula is C17H24N2O4. The molecule has 0 saturated heterocycles. The van der Waals surface area contributed by atoms with Crippen LogP contribution in [0, 0.1) is 5.92 Å². The van der Waals surface area contributed by atoms with Gasteiger partial charge in [-0.15, -0.1) is 0 Å². The molecule has 1 aromatic rings. The number of carbonyl (C=O) groups excluding carboxylic acids is 3. The third-order valence-electron chi connectivity index (χ3n) is 3.16. The fraction of sp³-hybridized carbons (Fsp3) is 0.471. The van der Waals surface area contributed by atoms with Crippen LogP contribution in [0.3, 0.4) is 0 Å². The Bertz CT molecular complexity index is 529. The summed E-state index contributed by atoms with van der Waals surface area (Å²) in [6, 6.07) is 8.65. The summed E-state index contributed by atoms with van der Waals surface area (Å²) in [4.78, 5) is 35.1. The smallest absolute Gasteiger partial charge is 0.321 e. The van der Waals surface area contributed by atoms with Crippen molar-refractivity contribution in [3.05, 3.63) is 35.9 Å². The number of urea groups is 1. The lowest BCUT2D eigenvalue weighted by atomic mass is 9.97. The van der Waals surface area contributed by atoms with E-state index in [2.05, 4.69) is 10.6 Å². The van der Waals surface area contributed by atoms with Gasteiger partial charge in [0.05, 0.1) is 5.92 Å². The summed E-state index contributed by atoms with van der Waals surface area (Å²) >= 11 is 0. The molecule has 126 valence electrons. The lowest BCUT2D eigenvalue weighted by Gasteiger charge is -2.14. The number of ether oxygens (including phenoxy) is 1. The molecule has 0 aliphatic heterocycles. The molecule has 0 bridgehead atoms. The highest BCUT2D eigenvalue weighted by Crippen LogP contribution is 2.20. The Kier molecular flexibility index (Phi) is 7.80. The first kappa shape index (κ1) is 18.7. The standard InChI is InChI=1S/C17H24N2O4/c1-4-14(13-8-6-5-7-9-13)16(21)23-11-15(20)19-17(22)18-10-12(2)3/h5-9,12,14H,4,10-11H2,1-3H3,(H2,18,19,20,22)/t14-/m0/s1. The predicted molar refractivity (Wildman–Crippen MR) is 86.8 cm³/mol. The number of esters is 1. The molecule has 0 unspecified atom stereocenters. The van der Waals surface area contributed by atoms with Crippen LogP contribution < -0.4 is 10.6 Å². The Hall–Kier alpha value is -2.37. The number of hydrogen-bond donors (Lipinski definition) is 2. The summed E-state index contributed by atoms with van der Waals surface area (Å²) < 4.78 is 5.01.